The molecule has 0 aromatic heterocycles. The van der Waals surface area contributed by atoms with Gasteiger partial charge in [-0.15, -0.1) is 0 Å². The molecular formula is C29H30FNO5S. The molecule has 3 aromatic carbocycles. The maximum atomic E-state index is 13.1. The normalized spacial score (nSPS) is 14.9. The maximum absolute atomic E-state index is 13.1. The van der Waals surface area contributed by atoms with E-state index in [-0.39, 0.29) is 17.0 Å². The molecule has 1 heterocycles. The summed E-state index contributed by atoms with van der Waals surface area (Å²) in [6.07, 6.45) is 4.57. The fourth-order valence-electron chi connectivity index (χ4n) is 3.96. The van der Waals surface area contributed by atoms with E-state index in [2.05, 4.69) is 12.2 Å². The number of carbonyl (C=O) groups is 2. The fourth-order valence-corrected chi connectivity index (χ4v) is 4.78. The lowest BCUT2D eigenvalue weighted by molar-refractivity contribution is -0.119. The van der Waals surface area contributed by atoms with Gasteiger partial charge in [0.15, 0.2) is 0 Å². The van der Waals surface area contributed by atoms with Crippen LogP contribution in [0.25, 0.3) is 0 Å². The van der Waals surface area contributed by atoms with Gasteiger partial charge in [-0.1, -0.05) is 25.5 Å². The number of aryl methyl sites for hydroxylation is 1. The van der Waals surface area contributed by atoms with Gasteiger partial charge in [-0.2, -0.15) is 0 Å². The number of hydrogen-bond donors (Lipinski definition) is 1. The van der Waals surface area contributed by atoms with Crippen LogP contribution in [0, 0.1) is 5.82 Å². The summed E-state index contributed by atoms with van der Waals surface area (Å²) in [5.74, 6) is 2.25. The average Bonchev–Trinajstić information content (AvgIpc) is 3.24. The molecule has 0 bridgehead atoms. The fraction of sp³-hybridized carbons (Fsp3) is 0.310. The minimum Gasteiger partial charge on any atom is -0.494 e. The highest BCUT2D eigenvalue weighted by Crippen LogP contribution is 2.35. The Hall–Kier alpha value is -3.52. The molecule has 1 fully saturated rings. The summed E-state index contributed by atoms with van der Waals surface area (Å²) >= 11 is 0.988. The van der Waals surface area contributed by atoms with E-state index >= 15 is 0 Å². The Morgan fingerprint density at radius 1 is 0.865 bits per heavy atom. The van der Waals surface area contributed by atoms with Crippen LogP contribution in [0.3, 0.4) is 0 Å². The lowest BCUT2D eigenvalue weighted by Gasteiger charge is -2.14. The predicted molar refractivity (Wildman–Crippen MR) is 142 cm³/mol. The average molecular weight is 524 g/mol. The van der Waals surface area contributed by atoms with Crippen LogP contribution in [0.5, 0.6) is 23.0 Å². The van der Waals surface area contributed by atoms with Crippen LogP contribution in [0.4, 0.5) is 9.18 Å². The minimum absolute atomic E-state index is 0.288. The number of thioether (sulfide) groups is 1. The lowest BCUT2D eigenvalue weighted by atomic mass is 10.1. The van der Waals surface area contributed by atoms with Crippen LogP contribution in [0.2, 0.25) is 0 Å². The van der Waals surface area contributed by atoms with Gasteiger partial charge in [0.25, 0.3) is 5.24 Å². The zero-order chi connectivity index (χ0) is 26.0. The molecule has 0 spiro atoms. The highest BCUT2D eigenvalue weighted by Gasteiger charge is 2.33. The molecule has 0 aliphatic carbocycles. The summed E-state index contributed by atoms with van der Waals surface area (Å²) in [4.78, 5) is 23.3. The topological polar surface area (TPSA) is 73.9 Å². The van der Waals surface area contributed by atoms with Crippen molar-refractivity contribution in [3.63, 3.8) is 0 Å². The number of amides is 2. The summed E-state index contributed by atoms with van der Waals surface area (Å²) in [6, 6.07) is 19.1. The van der Waals surface area contributed by atoms with Crippen molar-refractivity contribution in [2.75, 3.05) is 13.2 Å². The van der Waals surface area contributed by atoms with Crippen LogP contribution in [-0.4, -0.2) is 24.4 Å². The molecule has 0 saturated carbocycles. The summed E-state index contributed by atoms with van der Waals surface area (Å²) < 4.78 is 30.9. The Labute approximate surface area is 220 Å². The second-order valence-electron chi connectivity index (χ2n) is 8.68. The predicted octanol–water partition coefficient (Wildman–Crippen LogP) is 7.22. The molecule has 1 aliphatic rings. The number of nitrogens with one attached hydrogen (secondary N) is 1. The van der Waals surface area contributed by atoms with E-state index in [0.29, 0.717) is 30.5 Å². The third-order valence-corrected chi connectivity index (χ3v) is 6.80. The molecular weight excluding hydrogens is 493 g/mol. The quantitative estimate of drug-likeness (QED) is 0.238. The molecule has 37 heavy (non-hydrogen) atoms. The van der Waals surface area contributed by atoms with Crippen molar-refractivity contribution in [1.82, 2.24) is 5.32 Å². The molecule has 1 saturated heterocycles. The third kappa shape index (κ3) is 7.73. The smallest absolute Gasteiger partial charge is 0.286 e. The summed E-state index contributed by atoms with van der Waals surface area (Å²) in [7, 11) is 0. The second kappa shape index (κ2) is 13.1. The molecule has 194 valence electrons. The Bertz CT molecular complexity index is 1220. The Morgan fingerprint density at radius 3 is 2.35 bits per heavy atom. The number of hydrogen-bond acceptors (Lipinski definition) is 6. The van der Waals surface area contributed by atoms with Crippen molar-refractivity contribution in [3.05, 3.63) is 83.7 Å². The van der Waals surface area contributed by atoms with Gasteiger partial charge in [0, 0.05) is 0 Å². The zero-order valence-corrected chi connectivity index (χ0v) is 21.5. The van der Waals surface area contributed by atoms with Crippen molar-refractivity contribution in [2.24, 2.45) is 0 Å². The molecule has 1 N–H and O–H groups in total. The second-order valence-corrected chi connectivity index (χ2v) is 9.76. The molecule has 2 amide bonds. The summed E-state index contributed by atoms with van der Waals surface area (Å²) in [5.41, 5.74) is 1.84. The van der Waals surface area contributed by atoms with Crippen molar-refractivity contribution < 1.29 is 28.2 Å². The van der Waals surface area contributed by atoms with E-state index in [0.717, 1.165) is 60.7 Å². The summed E-state index contributed by atoms with van der Waals surface area (Å²) in [6.45, 7) is 3.28. The summed E-state index contributed by atoms with van der Waals surface area (Å²) in [5, 5.41) is 1.47. The molecule has 1 atom stereocenters. The van der Waals surface area contributed by atoms with E-state index in [1.54, 1.807) is 12.1 Å². The van der Waals surface area contributed by atoms with Crippen molar-refractivity contribution in [2.45, 2.75) is 44.3 Å². The van der Waals surface area contributed by atoms with E-state index in [1.165, 1.54) is 12.1 Å². The Kier molecular flexibility index (Phi) is 9.43. The zero-order valence-electron chi connectivity index (χ0n) is 20.7. The number of ether oxygens (including phenoxy) is 3. The highest BCUT2D eigenvalue weighted by atomic mass is 32.2. The Balaban J connectivity index is 1.19. The van der Waals surface area contributed by atoms with Crippen LogP contribution in [-0.2, 0) is 11.2 Å². The van der Waals surface area contributed by atoms with Gasteiger partial charge in [-0.05, 0) is 103 Å². The molecule has 1 unspecified atom stereocenters. The number of unbranched alkanes of at least 4 members (excludes halogenated alkanes) is 2. The lowest BCUT2D eigenvalue weighted by Crippen LogP contribution is -2.20. The van der Waals surface area contributed by atoms with Gasteiger partial charge in [0.2, 0.25) is 5.91 Å². The van der Waals surface area contributed by atoms with Gasteiger partial charge < -0.3 is 14.2 Å². The first-order valence-corrected chi connectivity index (χ1v) is 13.3. The first-order chi connectivity index (χ1) is 18.0. The molecule has 0 radical (unpaired) electrons. The number of halogens is 1. The third-order valence-electron chi connectivity index (χ3n) is 5.76. The van der Waals surface area contributed by atoms with E-state index in [4.69, 9.17) is 14.2 Å². The number of carbonyl (C=O) groups excluding carboxylic acids is 2. The molecule has 3 aromatic rings. The maximum Gasteiger partial charge on any atom is 0.286 e. The van der Waals surface area contributed by atoms with Crippen LogP contribution >= 0.6 is 11.8 Å². The molecule has 8 heteroatoms. The first-order valence-electron chi connectivity index (χ1n) is 12.4. The van der Waals surface area contributed by atoms with E-state index < -0.39 is 5.25 Å². The van der Waals surface area contributed by atoms with Gasteiger partial charge in [-0.3, -0.25) is 14.9 Å². The SMILES string of the molecule is CCCc1cc(Oc2ccc(F)cc2)ccc1OCCCCCOc1cccc(C2SC(=O)NC2=O)c1. The molecule has 1 aliphatic heterocycles. The standard InChI is InChI=1S/C29H30FNO5S/c1-2-7-20-18-25(36-23-12-10-22(30)11-13-23)14-15-26(20)35-17-5-3-4-16-34-24-9-6-8-21(19-24)27-28(32)31-29(33)37-27/h6,8-15,18-19,27H,2-5,7,16-17H2,1H3,(H,31,32,33). The van der Waals surface area contributed by atoms with Gasteiger partial charge >= 0.3 is 0 Å². The van der Waals surface area contributed by atoms with Crippen molar-refractivity contribution in [1.29, 1.82) is 0 Å². The number of benzene rings is 3. The van der Waals surface area contributed by atoms with Crippen LogP contribution < -0.4 is 19.5 Å². The van der Waals surface area contributed by atoms with E-state index in [1.807, 2.05) is 42.5 Å². The minimum atomic E-state index is -0.519. The highest BCUT2D eigenvalue weighted by molar-refractivity contribution is 8.15. The van der Waals surface area contributed by atoms with Gasteiger partial charge in [-0.25, -0.2) is 4.39 Å². The van der Waals surface area contributed by atoms with Crippen molar-refractivity contribution >= 4 is 22.9 Å². The first kappa shape index (κ1) is 26.5. The van der Waals surface area contributed by atoms with Gasteiger partial charge in [0.1, 0.15) is 34.1 Å². The largest absolute Gasteiger partial charge is 0.494 e. The van der Waals surface area contributed by atoms with Gasteiger partial charge in [0.05, 0.1) is 13.2 Å². The van der Waals surface area contributed by atoms with Crippen LogP contribution in [0.15, 0.2) is 66.7 Å². The van der Waals surface area contributed by atoms with Crippen LogP contribution in [0.1, 0.15) is 49.0 Å². The number of imide groups is 1. The van der Waals surface area contributed by atoms with E-state index in [9.17, 15) is 14.0 Å². The molecule has 6 nitrogen and oxygen atoms in total. The Morgan fingerprint density at radius 2 is 1.62 bits per heavy atom. The molecule has 4 rings (SSSR count). The monoisotopic (exact) mass is 523 g/mol. The van der Waals surface area contributed by atoms with Crippen molar-refractivity contribution in [3.8, 4) is 23.0 Å². The number of rotatable bonds is 13.